The maximum absolute atomic E-state index is 12.4. The molecule has 1 aromatic rings. The second-order valence-corrected chi connectivity index (χ2v) is 6.21. The van der Waals surface area contributed by atoms with Crippen molar-refractivity contribution >= 4 is 16.0 Å². The monoisotopic (exact) mass is 317 g/mol. The van der Waals surface area contributed by atoms with Gasteiger partial charge in [0.25, 0.3) is 0 Å². The van der Waals surface area contributed by atoms with Gasteiger partial charge in [0.05, 0.1) is 19.3 Å². The van der Waals surface area contributed by atoms with Crippen LogP contribution in [0.15, 0.2) is 23.1 Å². The second kappa shape index (κ2) is 7.39. The van der Waals surface area contributed by atoms with Crippen molar-refractivity contribution in [2.24, 2.45) is 0 Å². The van der Waals surface area contributed by atoms with Crippen LogP contribution in [0, 0.1) is 0 Å². The molecule has 0 saturated carbocycles. The number of benzene rings is 1. The Balaban J connectivity index is 3.10. The summed E-state index contributed by atoms with van der Waals surface area (Å²) in [6, 6.07) is 3.65. The van der Waals surface area contributed by atoms with Crippen molar-refractivity contribution in [3.05, 3.63) is 23.8 Å². The number of sulfonamides is 1. The van der Waals surface area contributed by atoms with Gasteiger partial charge in [-0.1, -0.05) is 0 Å². The van der Waals surface area contributed by atoms with Crippen LogP contribution in [0.1, 0.15) is 17.3 Å². The van der Waals surface area contributed by atoms with Crippen LogP contribution in [-0.4, -0.2) is 57.7 Å². The molecule has 1 rings (SSSR count). The van der Waals surface area contributed by atoms with Gasteiger partial charge in [0.15, 0.2) is 0 Å². The van der Waals surface area contributed by atoms with Crippen molar-refractivity contribution in [1.29, 1.82) is 0 Å². The molecule has 0 saturated heterocycles. The third-order valence-corrected chi connectivity index (χ3v) is 4.75. The van der Waals surface area contributed by atoms with E-state index in [4.69, 9.17) is 14.6 Å². The lowest BCUT2D eigenvalue weighted by atomic mass is 10.2. The predicted octanol–water partition coefficient (Wildman–Crippen LogP) is 1.05. The van der Waals surface area contributed by atoms with E-state index in [0.717, 1.165) is 4.31 Å². The van der Waals surface area contributed by atoms with E-state index >= 15 is 0 Å². The van der Waals surface area contributed by atoms with Crippen LogP contribution >= 0.6 is 0 Å². The van der Waals surface area contributed by atoms with Gasteiger partial charge in [0.2, 0.25) is 10.0 Å². The summed E-state index contributed by atoms with van der Waals surface area (Å²) in [7, 11) is -1.05. The van der Waals surface area contributed by atoms with Gasteiger partial charge < -0.3 is 14.6 Å². The number of likely N-dealkylation sites (N-methyl/N-ethyl adjacent to an activating group) is 1. The molecule has 1 N–H and O–H groups in total. The summed E-state index contributed by atoms with van der Waals surface area (Å²) in [6.45, 7) is 2.80. The van der Waals surface area contributed by atoms with Crippen molar-refractivity contribution in [3.8, 4) is 5.75 Å². The van der Waals surface area contributed by atoms with Crippen LogP contribution in [0.2, 0.25) is 0 Å². The van der Waals surface area contributed by atoms with Gasteiger partial charge in [-0.15, -0.1) is 0 Å². The van der Waals surface area contributed by atoms with Crippen molar-refractivity contribution in [1.82, 2.24) is 4.31 Å². The maximum Gasteiger partial charge on any atom is 0.335 e. The molecule has 0 radical (unpaired) electrons. The molecule has 0 aliphatic rings. The molecule has 7 nitrogen and oxygen atoms in total. The molecular weight excluding hydrogens is 298 g/mol. The largest absolute Gasteiger partial charge is 0.495 e. The number of carboxylic acid groups (broad SMARTS) is 1. The first-order valence-electron chi connectivity index (χ1n) is 6.30. The van der Waals surface area contributed by atoms with E-state index < -0.39 is 16.0 Å². The number of carbonyl (C=O) groups is 1. The van der Waals surface area contributed by atoms with Crippen LogP contribution in [-0.2, 0) is 14.8 Å². The van der Waals surface area contributed by atoms with Crippen molar-refractivity contribution in [3.63, 3.8) is 0 Å². The summed E-state index contributed by atoms with van der Waals surface area (Å²) >= 11 is 0. The molecule has 0 amide bonds. The van der Waals surface area contributed by atoms with Crippen LogP contribution < -0.4 is 4.74 Å². The van der Waals surface area contributed by atoms with Crippen LogP contribution in [0.5, 0.6) is 5.75 Å². The zero-order valence-corrected chi connectivity index (χ0v) is 13.0. The normalized spacial score (nSPS) is 11.6. The van der Waals surface area contributed by atoms with Gasteiger partial charge in [-0.3, -0.25) is 0 Å². The van der Waals surface area contributed by atoms with E-state index in [1.54, 1.807) is 0 Å². The Morgan fingerprint density at radius 3 is 2.57 bits per heavy atom. The molecule has 0 aliphatic heterocycles. The molecule has 0 aliphatic carbocycles. The zero-order chi connectivity index (χ0) is 16.0. The molecule has 1 aromatic carbocycles. The topological polar surface area (TPSA) is 93.1 Å². The van der Waals surface area contributed by atoms with Gasteiger partial charge in [-0.05, 0) is 25.1 Å². The number of hydrogen-bond acceptors (Lipinski definition) is 5. The molecule has 118 valence electrons. The zero-order valence-electron chi connectivity index (χ0n) is 12.2. The Hall–Kier alpha value is -1.64. The molecule has 0 fully saturated rings. The summed E-state index contributed by atoms with van der Waals surface area (Å²) in [5.74, 6) is -1.15. The molecule has 0 atom stereocenters. The minimum absolute atomic E-state index is 0.00170. The number of aromatic carboxylic acids is 1. The number of carboxylic acids is 1. The number of hydrogen-bond donors (Lipinski definition) is 1. The number of rotatable bonds is 8. The van der Waals surface area contributed by atoms with E-state index in [-0.39, 0.29) is 29.4 Å². The van der Waals surface area contributed by atoms with Crippen LogP contribution in [0.25, 0.3) is 0 Å². The second-order valence-electron chi connectivity index (χ2n) is 4.19. The molecule has 0 heterocycles. The van der Waals surface area contributed by atoms with E-state index in [0.29, 0.717) is 6.61 Å². The van der Waals surface area contributed by atoms with E-state index in [2.05, 4.69) is 0 Å². The molecule has 0 aromatic heterocycles. The fourth-order valence-electron chi connectivity index (χ4n) is 1.64. The highest BCUT2D eigenvalue weighted by molar-refractivity contribution is 7.89. The lowest BCUT2D eigenvalue weighted by Crippen LogP contribution is -2.30. The van der Waals surface area contributed by atoms with Gasteiger partial charge in [0.1, 0.15) is 10.6 Å². The van der Waals surface area contributed by atoms with Crippen LogP contribution in [0.4, 0.5) is 0 Å². The SMILES string of the molecule is CCOCCN(C)S(=O)(=O)c1ccc(C(=O)O)cc1OC. The Bertz CT molecular complexity index is 599. The molecule has 21 heavy (non-hydrogen) atoms. The predicted molar refractivity (Wildman–Crippen MR) is 76.3 cm³/mol. The average molecular weight is 317 g/mol. The van der Waals surface area contributed by atoms with Gasteiger partial charge in [-0.2, -0.15) is 4.31 Å². The molecule has 0 spiro atoms. The highest BCUT2D eigenvalue weighted by atomic mass is 32.2. The van der Waals surface area contributed by atoms with Gasteiger partial charge in [-0.25, -0.2) is 13.2 Å². The first kappa shape index (κ1) is 17.4. The van der Waals surface area contributed by atoms with Gasteiger partial charge >= 0.3 is 5.97 Å². The molecule has 0 bridgehead atoms. The summed E-state index contributed by atoms with van der Waals surface area (Å²) in [4.78, 5) is 10.8. The Morgan fingerprint density at radius 2 is 2.05 bits per heavy atom. The summed E-state index contributed by atoms with van der Waals surface area (Å²) in [5, 5.41) is 8.92. The van der Waals surface area contributed by atoms with Crippen molar-refractivity contribution < 1.29 is 27.8 Å². The lowest BCUT2D eigenvalue weighted by molar-refractivity contribution is 0.0696. The number of ether oxygens (including phenoxy) is 2. The summed E-state index contributed by atoms with van der Waals surface area (Å²) in [6.07, 6.45) is 0. The van der Waals surface area contributed by atoms with Gasteiger partial charge in [0, 0.05) is 20.2 Å². The minimum atomic E-state index is -3.77. The van der Waals surface area contributed by atoms with E-state index in [9.17, 15) is 13.2 Å². The Morgan fingerprint density at radius 1 is 1.38 bits per heavy atom. The standard InChI is InChI=1S/C13H19NO6S/c1-4-20-8-7-14(2)21(17,18)12-6-5-10(13(15)16)9-11(12)19-3/h5-6,9H,4,7-8H2,1-3H3,(H,15,16). The van der Waals surface area contributed by atoms with E-state index in [1.165, 1.54) is 32.4 Å². The minimum Gasteiger partial charge on any atom is -0.495 e. The Kier molecular flexibility index (Phi) is 6.13. The van der Waals surface area contributed by atoms with E-state index in [1.807, 2.05) is 6.92 Å². The third kappa shape index (κ3) is 4.16. The lowest BCUT2D eigenvalue weighted by Gasteiger charge is -2.18. The fourth-order valence-corrected chi connectivity index (χ4v) is 2.93. The Labute approximate surface area is 124 Å². The maximum atomic E-state index is 12.4. The smallest absolute Gasteiger partial charge is 0.335 e. The first-order chi connectivity index (χ1) is 9.84. The molecule has 8 heteroatoms. The van der Waals surface area contributed by atoms with Crippen LogP contribution in [0.3, 0.4) is 0 Å². The van der Waals surface area contributed by atoms with Crippen molar-refractivity contribution in [2.45, 2.75) is 11.8 Å². The molecule has 0 unspecified atom stereocenters. The number of methoxy groups -OCH3 is 1. The quantitative estimate of drug-likeness (QED) is 0.720. The molecular formula is C13H19NO6S. The third-order valence-electron chi connectivity index (χ3n) is 2.85. The fraction of sp³-hybridized carbons (Fsp3) is 0.462. The summed E-state index contributed by atoms with van der Waals surface area (Å²) < 4.78 is 36.1. The van der Waals surface area contributed by atoms with Crippen molar-refractivity contribution in [2.75, 3.05) is 33.9 Å². The average Bonchev–Trinajstić information content (AvgIpc) is 2.46. The highest BCUT2D eigenvalue weighted by Gasteiger charge is 2.25. The summed E-state index contributed by atoms with van der Waals surface area (Å²) in [5.41, 5.74) is -0.0391. The number of nitrogens with zero attached hydrogens (tertiary/aromatic N) is 1. The highest BCUT2D eigenvalue weighted by Crippen LogP contribution is 2.27. The first-order valence-corrected chi connectivity index (χ1v) is 7.74.